The maximum Gasteiger partial charge on any atom is 0.181 e. The molecule has 2 aromatic rings. The maximum absolute atomic E-state index is 4.29. The molecule has 1 fully saturated rings. The lowest BCUT2D eigenvalue weighted by atomic mass is 9.93. The Bertz CT molecular complexity index is 505. The van der Waals surface area contributed by atoms with E-state index in [4.69, 9.17) is 0 Å². The molecule has 3 rings (SSSR count). The Labute approximate surface area is 101 Å². The molecule has 17 heavy (non-hydrogen) atoms. The molecule has 2 aromatic heterocycles. The van der Waals surface area contributed by atoms with Crippen LogP contribution in [-0.4, -0.2) is 39.7 Å². The smallest absolute Gasteiger partial charge is 0.181 e. The first kappa shape index (κ1) is 10.7. The Balaban J connectivity index is 1.92. The molecule has 90 valence electrons. The number of likely N-dealkylation sites (tertiary alicyclic amines) is 1. The van der Waals surface area contributed by atoms with Gasteiger partial charge >= 0.3 is 0 Å². The lowest BCUT2D eigenvalue weighted by Gasteiger charge is -2.31. The molecule has 0 bridgehead atoms. The third-order valence-electron chi connectivity index (χ3n) is 3.72. The second-order valence-electron chi connectivity index (χ2n) is 4.74. The zero-order chi connectivity index (χ0) is 11.7. The maximum atomic E-state index is 4.29. The third kappa shape index (κ3) is 1.93. The minimum atomic E-state index is 0.581. The summed E-state index contributed by atoms with van der Waals surface area (Å²) in [7, 11) is 0. The number of aromatic amines is 1. The minimum absolute atomic E-state index is 0.581. The summed E-state index contributed by atoms with van der Waals surface area (Å²) < 4.78 is 0. The Morgan fingerprint density at radius 2 is 2.47 bits per heavy atom. The summed E-state index contributed by atoms with van der Waals surface area (Å²) in [5.41, 5.74) is 2.11. The molecule has 0 spiro atoms. The summed E-state index contributed by atoms with van der Waals surface area (Å²) >= 11 is 0. The van der Waals surface area contributed by atoms with Crippen molar-refractivity contribution in [3.63, 3.8) is 0 Å². The van der Waals surface area contributed by atoms with Gasteiger partial charge in [0.15, 0.2) is 5.65 Å². The summed E-state index contributed by atoms with van der Waals surface area (Å²) in [4.78, 5) is 6.79. The van der Waals surface area contributed by atoms with E-state index in [9.17, 15) is 0 Å². The number of nitrogens with zero attached hydrogens (tertiary/aromatic N) is 3. The van der Waals surface area contributed by atoms with E-state index in [1.807, 2.05) is 6.07 Å². The molecule has 0 saturated carbocycles. The molecule has 1 aliphatic heterocycles. The van der Waals surface area contributed by atoms with E-state index in [1.165, 1.54) is 30.5 Å². The highest BCUT2D eigenvalue weighted by Crippen LogP contribution is 2.29. The Kier molecular flexibility index (Phi) is 2.81. The highest BCUT2D eigenvalue weighted by Gasteiger charge is 2.23. The van der Waals surface area contributed by atoms with Crippen molar-refractivity contribution >= 4 is 11.0 Å². The molecule has 0 aromatic carbocycles. The fraction of sp³-hybridized carbons (Fsp3) is 0.538. The van der Waals surface area contributed by atoms with Gasteiger partial charge in [-0.2, -0.15) is 5.10 Å². The van der Waals surface area contributed by atoms with Crippen LogP contribution < -0.4 is 0 Å². The van der Waals surface area contributed by atoms with E-state index in [0.717, 1.165) is 18.7 Å². The number of hydrogen-bond donors (Lipinski definition) is 1. The molecule has 1 atom stereocenters. The predicted octanol–water partition coefficient (Wildman–Crippen LogP) is 2.16. The number of pyridine rings is 1. The molecule has 0 unspecified atom stereocenters. The first-order valence-corrected chi connectivity index (χ1v) is 6.40. The molecule has 0 aliphatic carbocycles. The van der Waals surface area contributed by atoms with Crippen LogP contribution in [0.2, 0.25) is 0 Å². The lowest BCUT2D eigenvalue weighted by Crippen LogP contribution is -2.34. The molecule has 4 nitrogen and oxygen atoms in total. The second-order valence-corrected chi connectivity index (χ2v) is 4.74. The molecule has 0 radical (unpaired) electrons. The van der Waals surface area contributed by atoms with Crippen molar-refractivity contribution in [3.8, 4) is 0 Å². The number of fused-ring (bicyclic) bond motifs is 1. The van der Waals surface area contributed by atoms with Gasteiger partial charge in [-0.05, 0) is 38.1 Å². The number of hydrogen-bond acceptors (Lipinski definition) is 3. The number of rotatable bonds is 2. The van der Waals surface area contributed by atoms with Crippen LogP contribution in [0, 0.1) is 0 Å². The summed E-state index contributed by atoms with van der Waals surface area (Å²) in [6.45, 7) is 5.75. The van der Waals surface area contributed by atoms with Gasteiger partial charge in [-0.3, -0.25) is 5.10 Å². The normalized spacial score (nSPS) is 22.1. The van der Waals surface area contributed by atoms with Crippen LogP contribution in [0.1, 0.15) is 31.4 Å². The minimum Gasteiger partial charge on any atom is -0.303 e. The quantitative estimate of drug-likeness (QED) is 0.859. The van der Waals surface area contributed by atoms with Crippen LogP contribution >= 0.6 is 0 Å². The van der Waals surface area contributed by atoms with Crippen LogP contribution in [0.5, 0.6) is 0 Å². The van der Waals surface area contributed by atoms with Gasteiger partial charge in [-0.15, -0.1) is 0 Å². The van der Waals surface area contributed by atoms with E-state index in [0.29, 0.717) is 5.92 Å². The van der Waals surface area contributed by atoms with E-state index in [1.54, 1.807) is 6.20 Å². The molecule has 1 aliphatic rings. The van der Waals surface area contributed by atoms with Crippen LogP contribution in [0.4, 0.5) is 0 Å². The number of aromatic nitrogens is 3. The Morgan fingerprint density at radius 1 is 1.53 bits per heavy atom. The van der Waals surface area contributed by atoms with Crippen LogP contribution in [0.15, 0.2) is 18.3 Å². The number of nitrogens with one attached hydrogen (secondary N) is 1. The standard InChI is InChI=1S/C13H18N4/c1-2-17-8-4-5-10(9-17)12-11-6-3-7-14-13(11)16-15-12/h3,6-7,10H,2,4-5,8-9H2,1H3,(H,14,15,16)/t10-/m1/s1. The van der Waals surface area contributed by atoms with Crippen molar-refractivity contribution in [2.24, 2.45) is 0 Å². The largest absolute Gasteiger partial charge is 0.303 e. The van der Waals surface area contributed by atoms with Crippen LogP contribution in [0.3, 0.4) is 0 Å². The number of H-pyrrole nitrogens is 1. The van der Waals surface area contributed by atoms with Crippen molar-refractivity contribution in [2.75, 3.05) is 19.6 Å². The Morgan fingerprint density at radius 3 is 3.35 bits per heavy atom. The van der Waals surface area contributed by atoms with Gasteiger partial charge in [0.05, 0.1) is 0 Å². The number of likely N-dealkylation sites (N-methyl/N-ethyl adjacent to an activating group) is 1. The SMILES string of the molecule is CCN1CCC[C@@H](c2[nH]nc3ncccc23)C1. The van der Waals surface area contributed by atoms with Crippen molar-refractivity contribution in [3.05, 3.63) is 24.0 Å². The van der Waals surface area contributed by atoms with E-state index in [-0.39, 0.29) is 0 Å². The first-order chi connectivity index (χ1) is 8.38. The highest BCUT2D eigenvalue weighted by atomic mass is 15.2. The highest BCUT2D eigenvalue weighted by molar-refractivity contribution is 5.77. The van der Waals surface area contributed by atoms with Gasteiger partial charge in [-0.1, -0.05) is 6.92 Å². The zero-order valence-electron chi connectivity index (χ0n) is 10.2. The van der Waals surface area contributed by atoms with Gasteiger partial charge < -0.3 is 4.90 Å². The molecular formula is C13H18N4. The molecule has 4 heteroatoms. The average molecular weight is 230 g/mol. The third-order valence-corrected chi connectivity index (χ3v) is 3.72. The van der Waals surface area contributed by atoms with Crippen molar-refractivity contribution in [2.45, 2.75) is 25.7 Å². The fourth-order valence-corrected chi connectivity index (χ4v) is 2.76. The Hall–Kier alpha value is -1.42. The van der Waals surface area contributed by atoms with E-state index in [2.05, 4.69) is 33.1 Å². The summed E-state index contributed by atoms with van der Waals surface area (Å²) in [5, 5.41) is 8.67. The molecular weight excluding hydrogens is 212 g/mol. The van der Waals surface area contributed by atoms with Crippen LogP contribution in [0.25, 0.3) is 11.0 Å². The summed E-state index contributed by atoms with van der Waals surface area (Å²) in [6, 6.07) is 4.10. The van der Waals surface area contributed by atoms with Crippen molar-refractivity contribution in [1.29, 1.82) is 0 Å². The first-order valence-electron chi connectivity index (χ1n) is 6.40. The van der Waals surface area contributed by atoms with Crippen molar-refractivity contribution < 1.29 is 0 Å². The molecule has 1 N–H and O–H groups in total. The summed E-state index contributed by atoms with van der Waals surface area (Å²) in [6.07, 6.45) is 4.33. The summed E-state index contributed by atoms with van der Waals surface area (Å²) in [5.74, 6) is 0.581. The average Bonchev–Trinajstić information content (AvgIpc) is 2.82. The van der Waals surface area contributed by atoms with Gasteiger partial charge in [0.1, 0.15) is 0 Å². The second kappa shape index (κ2) is 4.45. The molecule has 1 saturated heterocycles. The fourth-order valence-electron chi connectivity index (χ4n) is 2.76. The molecule has 0 amide bonds. The van der Waals surface area contributed by atoms with Gasteiger partial charge in [-0.25, -0.2) is 4.98 Å². The zero-order valence-corrected chi connectivity index (χ0v) is 10.2. The predicted molar refractivity (Wildman–Crippen MR) is 68.0 cm³/mol. The van der Waals surface area contributed by atoms with Crippen molar-refractivity contribution in [1.82, 2.24) is 20.1 Å². The molecule has 3 heterocycles. The van der Waals surface area contributed by atoms with Gasteiger partial charge in [0.2, 0.25) is 0 Å². The number of piperidine rings is 1. The van der Waals surface area contributed by atoms with E-state index < -0.39 is 0 Å². The van der Waals surface area contributed by atoms with Crippen LogP contribution in [-0.2, 0) is 0 Å². The monoisotopic (exact) mass is 230 g/mol. The lowest BCUT2D eigenvalue weighted by molar-refractivity contribution is 0.216. The van der Waals surface area contributed by atoms with Gasteiger partial charge in [0.25, 0.3) is 0 Å². The topological polar surface area (TPSA) is 44.8 Å². The van der Waals surface area contributed by atoms with Gasteiger partial charge in [0, 0.05) is 29.7 Å². The van der Waals surface area contributed by atoms with E-state index >= 15 is 0 Å².